The van der Waals surface area contributed by atoms with Crippen molar-refractivity contribution in [1.29, 1.82) is 0 Å². The summed E-state index contributed by atoms with van der Waals surface area (Å²) in [6.45, 7) is 7.05. The minimum Gasteiger partial charge on any atom is -0.467 e. The van der Waals surface area contributed by atoms with Crippen LogP contribution >= 0.6 is 0 Å². The van der Waals surface area contributed by atoms with E-state index in [1.54, 1.807) is 27.7 Å². The van der Waals surface area contributed by atoms with Crippen molar-refractivity contribution >= 4 is 36.3 Å². The van der Waals surface area contributed by atoms with E-state index in [2.05, 4.69) is 16.0 Å². The average molecular weight is 525 g/mol. The van der Waals surface area contributed by atoms with Gasteiger partial charge in [-0.15, -0.1) is 0 Å². The van der Waals surface area contributed by atoms with Crippen molar-refractivity contribution < 1.29 is 34.0 Å². The number of esters is 1. The van der Waals surface area contributed by atoms with Crippen LogP contribution in [0, 0.1) is 11.8 Å². The van der Waals surface area contributed by atoms with E-state index in [9.17, 15) is 29.2 Å². The molecule has 10 nitrogen and oxygen atoms in total. The van der Waals surface area contributed by atoms with Gasteiger partial charge in [0.2, 0.25) is 11.8 Å². The third-order valence-corrected chi connectivity index (χ3v) is 6.04. The van der Waals surface area contributed by atoms with Crippen LogP contribution in [0.4, 0.5) is 0 Å². The molecule has 38 heavy (non-hydrogen) atoms. The van der Waals surface area contributed by atoms with E-state index >= 15 is 0 Å². The van der Waals surface area contributed by atoms with Crippen LogP contribution in [0.15, 0.2) is 54.6 Å². The lowest BCUT2D eigenvalue weighted by Gasteiger charge is -2.27. The van der Waals surface area contributed by atoms with Crippen molar-refractivity contribution in [2.75, 3.05) is 7.11 Å². The molecule has 0 radical (unpaired) electrons. The second-order valence-corrected chi connectivity index (χ2v) is 9.70. The number of benzene rings is 2. The van der Waals surface area contributed by atoms with E-state index in [1.807, 2.05) is 30.3 Å². The van der Waals surface area contributed by atoms with Crippen molar-refractivity contribution in [3.8, 4) is 0 Å². The maximum atomic E-state index is 13.3. The van der Waals surface area contributed by atoms with Crippen LogP contribution in [0.25, 0.3) is 0 Å². The van der Waals surface area contributed by atoms with Gasteiger partial charge < -0.3 is 30.7 Å². The molecule has 3 atom stereocenters. The minimum atomic E-state index is -1.66. The van der Waals surface area contributed by atoms with Gasteiger partial charge in [-0.1, -0.05) is 70.2 Å². The molecule has 3 amide bonds. The smallest absolute Gasteiger partial charge is 0.467 e. The first-order valence-electron chi connectivity index (χ1n) is 12.4. The number of hydrogen-bond acceptors (Lipinski definition) is 7. The van der Waals surface area contributed by atoms with Crippen molar-refractivity contribution in [3.63, 3.8) is 0 Å². The molecule has 0 fully saturated rings. The fourth-order valence-corrected chi connectivity index (χ4v) is 3.77. The van der Waals surface area contributed by atoms with Gasteiger partial charge in [0.1, 0.15) is 18.1 Å². The predicted octanol–water partition coefficient (Wildman–Crippen LogP) is 0.162. The molecule has 0 spiro atoms. The highest BCUT2D eigenvalue weighted by atomic mass is 16.5. The highest BCUT2D eigenvalue weighted by molar-refractivity contribution is 6.58. The molecule has 0 heterocycles. The van der Waals surface area contributed by atoms with Crippen molar-refractivity contribution in [3.05, 3.63) is 65.7 Å². The Morgan fingerprint density at radius 1 is 0.789 bits per heavy atom. The molecular formula is C27H36BN3O7. The van der Waals surface area contributed by atoms with Crippen LogP contribution in [0.2, 0.25) is 0 Å². The monoisotopic (exact) mass is 525 g/mol. The second kappa shape index (κ2) is 14.3. The summed E-state index contributed by atoms with van der Waals surface area (Å²) in [6, 6.07) is 11.8. The standard InChI is InChI=1S/C27H36BN3O7/c1-16(2)22(30-24(32)19-11-13-20(14-12-19)28(36)37)26(34)29-21(15-18-9-7-6-8-10-18)25(33)31-23(17(3)4)27(35)38-5/h6-14,16-17,21-23,36-37H,15H2,1-5H3,(H,29,34)(H,30,32)(H,31,33)/t21-,22-,23-/m0/s1. The first-order valence-corrected chi connectivity index (χ1v) is 12.4. The van der Waals surface area contributed by atoms with Crippen molar-refractivity contribution in [2.24, 2.45) is 11.8 Å². The fourth-order valence-electron chi connectivity index (χ4n) is 3.77. The first-order chi connectivity index (χ1) is 17.9. The highest BCUT2D eigenvalue weighted by Gasteiger charge is 2.32. The Morgan fingerprint density at radius 2 is 1.37 bits per heavy atom. The zero-order valence-electron chi connectivity index (χ0n) is 22.3. The van der Waals surface area contributed by atoms with Crippen LogP contribution in [0.1, 0.15) is 43.6 Å². The normalized spacial score (nSPS) is 13.3. The lowest BCUT2D eigenvalue weighted by Crippen LogP contribution is -2.58. The third kappa shape index (κ3) is 8.71. The van der Waals surface area contributed by atoms with Crippen molar-refractivity contribution in [1.82, 2.24) is 16.0 Å². The van der Waals surface area contributed by atoms with Gasteiger partial charge in [0.25, 0.3) is 5.91 Å². The third-order valence-electron chi connectivity index (χ3n) is 6.04. The summed E-state index contributed by atoms with van der Waals surface area (Å²) in [5.74, 6) is -2.82. The average Bonchev–Trinajstić information content (AvgIpc) is 2.89. The van der Waals surface area contributed by atoms with Crippen LogP contribution in [0.3, 0.4) is 0 Å². The molecule has 2 aromatic rings. The van der Waals surface area contributed by atoms with Gasteiger partial charge in [0.15, 0.2) is 0 Å². The summed E-state index contributed by atoms with van der Waals surface area (Å²) in [5, 5.41) is 26.6. The zero-order chi connectivity index (χ0) is 28.4. The Labute approximate surface area is 223 Å². The molecule has 0 bridgehead atoms. The topological polar surface area (TPSA) is 154 Å². The van der Waals surface area contributed by atoms with E-state index in [-0.39, 0.29) is 29.3 Å². The maximum absolute atomic E-state index is 13.3. The van der Waals surface area contributed by atoms with Gasteiger partial charge >= 0.3 is 13.1 Å². The largest absolute Gasteiger partial charge is 0.488 e. The quantitative estimate of drug-likeness (QED) is 0.195. The molecule has 0 saturated carbocycles. The Bertz CT molecular complexity index is 1090. The summed E-state index contributed by atoms with van der Waals surface area (Å²) in [5.41, 5.74) is 1.24. The SMILES string of the molecule is COC(=O)[C@@H](NC(=O)[C@H](Cc1ccccc1)NC(=O)[C@@H](NC(=O)c1ccc(B(O)O)cc1)C(C)C)C(C)C. The molecular weight excluding hydrogens is 489 g/mol. The Balaban J connectivity index is 2.24. The van der Waals surface area contributed by atoms with Gasteiger partial charge in [-0.2, -0.15) is 0 Å². The molecule has 5 N–H and O–H groups in total. The van der Waals surface area contributed by atoms with Crippen LogP contribution < -0.4 is 21.4 Å². The Hall–Kier alpha value is -3.70. The molecule has 0 aliphatic heterocycles. The van der Waals surface area contributed by atoms with Gasteiger partial charge in [0.05, 0.1) is 7.11 Å². The highest BCUT2D eigenvalue weighted by Crippen LogP contribution is 2.10. The summed E-state index contributed by atoms with van der Waals surface area (Å²) >= 11 is 0. The molecule has 0 aliphatic carbocycles. The molecule has 2 aromatic carbocycles. The summed E-state index contributed by atoms with van der Waals surface area (Å²) in [6.07, 6.45) is 0.161. The maximum Gasteiger partial charge on any atom is 0.488 e. The summed E-state index contributed by atoms with van der Waals surface area (Å²) in [4.78, 5) is 51.7. The van der Waals surface area contributed by atoms with E-state index in [1.165, 1.54) is 31.4 Å². The molecule has 0 unspecified atom stereocenters. The van der Waals surface area contributed by atoms with E-state index in [0.29, 0.717) is 0 Å². The molecule has 204 valence electrons. The fraction of sp³-hybridized carbons (Fsp3) is 0.407. The van der Waals surface area contributed by atoms with Crippen molar-refractivity contribution in [2.45, 2.75) is 52.2 Å². The molecule has 0 aromatic heterocycles. The number of carbonyl (C=O) groups is 4. The van der Waals surface area contributed by atoms with Gasteiger partial charge in [0, 0.05) is 12.0 Å². The Kier molecular flexibility index (Phi) is 11.5. The number of hydrogen-bond donors (Lipinski definition) is 5. The number of amides is 3. The number of carbonyl (C=O) groups excluding carboxylic acids is 4. The van der Waals surface area contributed by atoms with Gasteiger partial charge in [-0.05, 0) is 35.0 Å². The second-order valence-electron chi connectivity index (χ2n) is 9.70. The Morgan fingerprint density at radius 3 is 1.87 bits per heavy atom. The lowest BCUT2D eigenvalue weighted by molar-refractivity contribution is -0.146. The van der Waals surface area contributed by atoms with E-state index in [4.69, 9.17) is 4.74 Å². The number of rotatable bonds is 12. The predicted molar refractivity (Wildman–Crippen MR) is 143 cm³/mol. The van der Waals surface area contributed by atoms with Crippen LogP contribution in [-0.4, -0.2) is 66.1 Å². The minimum absolute atomic E-state index is 0.161. The molecule has 2 rings (SSSR count). The molecule has 11 heteroatoms. The zero-order valence-corrected chi connectivity index (χ0v) is 22.3. The molecule has 0 aliphatic rings. The summed E-state index contributed by atoms with van der Waals surface area (Å²) < 4.78 is 4.81. The number of ether oxygens (including phenoxy) is 1. The molecule has 0 saturated heterocycles. The van der Waals surface area contributed by atoms with Gasteiger partial charge in [-0.3, -0.25) is 14.4 Å². The van der Waals surface area contributed by atoms with Gasteiger partial charge in [-0.25, -0.2) is 4.79 Å². The first kappa shape index (κ1) is 30.5. The lowest BCUT2D eigenvalue weighted by atomic mass is 9.80. The van der Waals surface area contributed by atoms with Crippen LogP contribution in [-0.2, 0) is 25.5 Å². The van der Waals surface area contributed by atoms with E-state index in [0.717, 1.165) is 5.56 Å². The number of methoxy groups -OCH3 is 1. The van der Waals surface area contributed by atoms with Crippen LogP contribution in [0.5, 0.6) is 0 Å². The summed E-state index contributed by atoms with van der Waals surface area (Å²) in [7, 11) is -0.425. The van der Waals surface area contributed by atoms with E-state index < -0.39 is 48.9 Å². The number of nitrogens with one attached hydrogen (secondary N) is 3.